The van der Waals surface area contributed by atoms with Gasteiger partial charge in [-0.25, -0.2) is 0 Å². The van der Waals surface area contributed by atoms with E-state index in [1.807, 2.05) is 32.6 Å². The summed E-state index contributed by atoms with van der Waals surface area (Å²) in [5.74, 6) is 6.14. The third-order valence-corrected chi connectivity index (χ3v) is 1.99. The minimum Gasteiger partial charge on any atom is -0.309 e. The minimum absolute atomic E-state index is 0.716. The summed E-state index contributed by atoms with van der Waals surface area (Å²) in [5.41, 5.74) is 3.18. The highest BCUT2D eigenvalue weighted by Gasteiger charge is 2.05. The lowest BCUT2D eigenvalue weighted by atomic mass is 10.2. The molecule has 0 atom stereocenters. The zero-order valence-electron chi connectivity index (χ0n) is 8.60. The fourth-order valence-electron chi connectivity index (χ4n) is 1.18. The van der Waals surface area contributed by atoms with Crippen LogP contribution in [0.2, 0.25) is 0 Å². The maximum Gasteiger partial charge on any atom is 0.0752 e. The van der Waals surface area contributed by atoms with Crippen molar-refractivity contribution in [3.63, 3.8) is 0 Å². The van der Waals surface area contributed by atoms with Crippen molar-refractivity contribution < 1.29 is 0 Å². The molecule has 1 N–H and O–H groups in total. The summed E-state index contributed by atoms with van der Waals surface area (Å²) in [7, 11) is 3.82. The van der Waals surface area contributed by atoms with E-state index in [4.69, 9.17) is 0 Å². The summed E-state index contributed by atoms with van der Waals surface area (Å²) in [6, 6.07) is 0. The molecule has 0 saturated carbocycles. The van der Waals surface area contributed by atoms with Crippen LogP contribution >= 0.6 is 0 Å². The molecule has 0 spiro atoms. The van der Waals surface area contributed by atoms with Crippen molar-refractivity contribution in [2.45, 2.75) is 13.8 Å². The van der Waals surface area contributed by atoms with Crippen molar-refractivity contribution in [3.05, 3.63) is 17.0 Å². The first-order chi connectivity index (χ1) is 6.16. The molecular formula is C10H15N3. The summed E-state index contributed by atoms with van der Waals surface area (Å²) >= 11 is 0. The van der Waals surface area contributed by atoms with Gasteiger partial charge in [-0.05, 0) is 20.9 Å². The van der Waals surface area contributed by atoms with Gasteiger partial charge >= 0.3 is 0 Å². The zero-order valence-corrected chi connectivity index (χ0v) is 8.60. The van der Waals surface area contributed by atoms with Crippen molar-refractivity contribution in [3.8, 4) is 11.8 Å². The second kappa shape index (κ2) is 4.11. The minimum atomic E-state index is 0.716. The fraction of sp³-hybridized carbons (Fsp3) is 0.500. The second-order valence-corrected chi connectivity index (χ2v) is 3.00. The SMILES string of the molecule is CNCC#Cc1c(C)nn(C)c1C. The Morgan fingerprint density at radius 2 is 2.15 bits per heavy atom. The van der Waals surface area contributed by atoms with Crippen molar-refractivity contribution in [2.24, 2.45) is 7.05 Å². The van der Waals surface area contributed by atoms with Gasteiger partial charge in [0.1, 0.15) is 0 Å². The Labute approximate surface area is 79.1 Å². The first-order valence-corrected chi connectivity index (χ1v) is 4.30. The molecular weight excluding hydrogens is 162 g/mol. The van der Waals surface area contributed by atoms with Gasteiger partial charge in [-0.15, -0.1) is 0 Å². The Morgan fingerprint density at radius 1 is 1.46 bits per heavy atom. The second-order valence-electron chi connectivity index (χ2n) is 3.00. The predicted octanol–water partition coefficient (Wildman–Crippen LogP) is 0.608. The van der Waals surface area contributed by atoms with Crippen molar-refractivity contribution in [2.75, 3.05) is 13.6 Å². The summed E-state index contributed by atoms with van der Waals surface area (Å²) in [4.78, 5) is 0. The maximum absolute atomic E-state index is 4.28. The van der Waals surface area contributed by atoms with Crippen LogP contribution < -0.4 is 5.32 Å². The summed E-state index contributed by atoms with van der Waals surface area (Å²) < 4.78 is 1.86. The van der Waals surface area contributed by atoms with E-state index in [1.165, 1.54) is 0 Å². The van der Waals surface area contributed by atoms with E-state index in [1.54, 1.807) is 0 Å². The van der Waals surface area contributed by atoms with Crippen molar-refractivity contribution in [1.29, 1.82) is 0 Å². The van der Waals surface area contributed by atoms with Gasteiger partial charge in [0.05, 0.1) is 23.5 Å². The molecule has 1 aromatic heterocycles. The molecule has 0 fully saturated rings. The topological polar surface area (TPSA) is 29.9 Å². The van der Waals surface area contributed by atoms with Crippen LogP contribution in [-0.4, -0.2) is 23.4 Å². The quantitative estimate of drug-likeness (QED) is 0.637. The van der Waals surface area contributed by atoms with Crippen LogP contribution in [0.1, 0.15) is 17.0 Å². The molecule has 0 unspecified atom stereocenters. The number of hydrogen-bond donors (Lipinski definition) is 1. The van der Waals surface area contributed by atoms with E-state index in [0.29, 0.717) is 6.54 Å². The van der Waals surface area contributed by atoms with Crippen LogP contribution in [0.4, 0.5) is 0 Å². The first-order valence-electron chi connectivity index (χ1n) is 4.30. The molecule has 3 heteroatoms. The molecule has 0 aliphatic carbocycles. The predicted molar refractivity (Wildman–Crippen MR) is 53.5 cm³/mol. The van der Waals surface area contributed by atoms with E-state index in [9.17, 15) is 0 Å². The van der Waals surface area contributed by atoms with Crippen molar-refractivity contribution in [1.82, 2.24) is 15.1 Å². The Hall–Kier alpha value is -1.27. The van der Waals surface area contributed by atoms with Gasteiger partial charge < -0.3 is 5.32 Å². The lowest BCUT2D eigenvalue weighted by Gasteiger charge is -1.91. The highest BCUT2D eigenvalue weighted by molar-refractivity contribution is 5.41. The van der Waals surface area contributed by atoms with Crippen LogP contribution in [0.3, 0.4) is 0 Å². The number of aryl methyl sites for hydroxylation is 2. The number of hydrogen-bond acceptors (Lipinski definition) is 2. The first kappa shape index (κ1) is 9.82. The third-order valence-electron chi connectivity index (χ3n) is 1.99. The molecule has 0 radical (unpaired) electrons. The van der Waals surface area contributed by atoms with Gasteiger partial charge in [0.15, 0.2) is 0 Å². The highest BCUT2D eigenvalue weighted by Crippen LogP contribution is 2.09. The van der Waals surface area contributed by atoms with Gasteiger partial charge in [-0.2, -0.15) is 5.10 Å². The van der Waals surface area contributed by atoms with Crippen LogP contribution in [0.5, 0.6) is 0 Å². The van der Waals surface area contributed by atoms with Gasteiger partial charge in [0, 0.05) is 7.05 Å². The molecule has 13 heavy (non-hydrogen) atoms. The lowest BCUT2D eigenvalue weighted by Crippen LogP contribution is -2.04. The summed E-state index contributed by atoms with van der Waals surface area (Å²) in [5, 5.41) is 7.27. The largest absolute Gasteiger partial charge is 0.309 e. The molecule has 0 aliphatic heterocycles. The standard InChI is InChI=1S/C10H15N3/c1-8-10(6-5-7-11-3)9(2)13(4)12-8/h11H,7H2,1-4H3. The molecule has 0 amide bonds. The third kappa shape index (κ3) is 2.10. The maximum atomic E-state index is 4.28. The van der Waals surface area contributed by atoms with Gasteiger partial charge in [0.25, 0.3) is 0 Å². The van der Waals surface area contributed by atoms with Gasteiger partial charge in [-0.1, -0.05) is 11.8 Å². The molecule has 1 heterocycles. The molecule has 0 bridgehead atoms. The highest BCUT2D eigenvalue weighted by atomic mass is 15.3. The molecule has 0 aliphatic rings. The van der Waals surface area contributed by atoms with E-state index in [2.05, 4.69) is 22.3 Å². The van der Waals surface area contributed by atoms with Crippen LogP contribution in [0.25, 0.3) is 0 Å². The monoisotopic (exact) mass is 177 g/mol. The molecule has 1 rings (SSSR count). The van der Waals surface area contributed by atoms with E-state index in [0.717, 1.165) is 17.0 Å². The number of aromatic nitrogens is 2. The molecule has 0 saturated heterocycles. The molecule has 3 nitrogen and oxygen atoms in total. The smallest absolute Gasteiger partial charge is 0.0752 e. The molecule has 1 aromatic rings. The van der Waals surface area contributed by atoms with E-state index in [-0.39, 0.29) is 0 Å². The van der Waals surface area contributed by atoms with Crippen LogP contribution in [0, 0.1) is 25.7 Å². The Balaban J connectivity index is 2.96. The van der Waals surface area contributed by atoms with Crippen LogP contribution in [-0.2, 0) is 7.05 Å². The Kier molecular flexibility index (Phi) is 3.10. The zero-order chi connectivity index (χ0) is 9.84. The number of nitrogens with one attached hydrogen (secondary N) is 1. The van der Waals surface area contributed by atoms with E-state index < -0.39 is 0 Å². The Morgan fingerprint density at radius 3 is 2.62 bits per heavy atom. The van der Waals surface area contributed by atoms with Gasteiger partial charge in [-0.3, -0.25) is 4.68 Å². The fourth-order valence-corrected chi connectivity index (χ4v) is 1.18. The lowest BCUT2D eigenvalue weighted by molar-refractivity contribution is 0.731. The average Bonchev–Trinajstić information content (AvgIpc) is 2.32. The average molecular weight is 177 g/mol. The van der Waals surface area contributed by atoms with Gasteiger partial charge in [0.2, 0.25) is 0 Å². The Bertz CT molecular complexity index is 352. The molecule has 70 valence electrons. The summed E-state index contributed by atoms with van der Waals surface area (Å²) in [6.45, 7) is 4.73. The van der Waals surface area contributed by atoms with E-state index >= 15 is 0 Å². The molecule has 0 aromatic carbocycles. The summed E-state index contributed by atoms with van der Waals surface area (Å²) in [6.07, 6.45) is 0. The number of rotatable bonds is 1. The normalized spacial score (nSPS) is 9.54. The van der Waals surface area contributed by atoms with Crippen LogP contribution in [0.15, 0.2) is 0 Å². The number of nitrogens with zero attached hydrogens (tertiary/aromatic N) is 2. The van der Waals surface area contributed by atoms with Crippen molar-refractivity contribution >= 4 is 0 Å².